The standard InChI is InChI=1S/C53H99NO18/c1-3-5-7-9-11-13-15-17-19-21-23-25-27-29-31-41(59)54-36(37(58)30-28-26-24-22-20-18-16-14-12-10-8-6-4-2)35-67-51-47(65)44(62)49(39(33-56)69-51)72-53-48(66)45(63)50(40(34-57)70-53)71-52-46(64)43(61)42(60)38(32-55)68-52/h28,30,36-40,42-53,55-58,60-66H,3-27,29,31-35H2,1-2H3,(H,54,59). The molecule has 0 aromatic carbocycles. The lowest BCUT2D eigenvalue weighted by Crippen LogP contribution is -2.66. The molecule has 12 N–H and O–H groups in total. The molecule has 0 bridgehead atoms. The van der Waals surface area contributed by atoms with Crippen LogP contribution >= 0.6 is 0 Å². The van der Waals surface area contributed by atoms with Gasteiger partial charge in [-0.05, 0) is 19.3 Å². The van der Waals surface area contributed by atoms with Crippen molar-refractivity contribution in [3.05, 3.63) is 12.2 Å². The highest BCUT2D eigenvalue weighted by atomic mass is 16.8. The van der Waals surface area contributed by atoms with Crippen LogP contribution in [-0.4, -0.2) is 193 Å². The molecular formula is C53H99NO18. The summed E-state index contributed by atoms with van der Waals surface area (Å²) < 4.78 is 34.2. The number of hydrogen-bond acceptors (Lipinski definition) is 18. The Bertz CT molecular complexity index is 1380. The number of aliphatic hydroxyl groups excluding tert-OH is 11. The molecule has 0 saturated carbocycles. The molecule has 1 amide bonds. The Morgan fingerprint density at radius 3 is 1.31 bits per heavy atom. The first-order chi connectivity index (χ1) is 34.8. The molecule has 0 aromatic rings. The average Bonchev–Trinajstić information content (AvgIpc) is 3.37. The number of allylic oxidation sites excluding steroid dienone is 1. The highest BCUT2D eigenvalue weighted by Gasteiger charge is 2.53. The third kappa shape index (κ3) is 23.0. The molecule has 424 valence electrons. The zero-order valence-corrected chi connectivity index (χ0v) is 43.7. The fraction of sp³-hybridized carbons (Fsp3) is 0.943. The van der Waals surface area contributed by atoms with E-state index in [2.05, 4.69) is 19.2 Å². The van der Waals surface area contributed by atoms with Crippen molar-refractivity contribution in [3.63, 3.8) is 0 Å². The van der Waals surface area contributed by atoms with Gasteiger partial charge in [0.15, 0.2) is 18.9 Å². The SMILES string of the molecule is CCCCCCCCCCCCCC=CC(O)C(COC1OC(CO)C(OC2OC(CO)C(OC3OC(CO)C(O)C(O)C3O)C(O)C2O)C(O)C1O)NC(=O)CCCCCCCCCCCCCCCC. The first-order valence-corrected chi connectivity index (χ1v) is 27.9. The summed E-state index contributed by atoms with van der Waals surface area (Å²) in [7, 11) is 0. The molecule has 19 nitrogen and oxygen atoms in total. The summed E-state index contributed by atoms with van der Waals surface area (Å²) in [5.41, 5.74) is 0. The van der Waals surface area contributed by atoms with Crippen LogP contribution in [0.2, 0.25) is 0 Å². The predicted octanol–water partition coefficient (Wildman–Crippen LogP) is 3.43. The summed E-state index contributed by atoms with van der Waals surface area (Å²) in [6, 6.07) is -0.965. The van der Waals surface area contributed by atoms with Crippen molar-refractivity contribution < 1.29 is 89.4 Å². The molecule has 17 atom stereocenters. The lowest BCUT2D eigenvalue weighted by Gasteiger charge is -2.48. The Morgan fingerprint density at radius 1 is 0.486 bits per heavy atom. The lowest BCUT2D eigenvalue weighted by atomic mass is 9.96. The van der Waals surface area contributed by atoms with E-state index in [1.54, 1.807) is 6.08 Å². The predicted molar refractivity (Wildman–Crippen MR) is 268 cm³/mol. The maximum atomic E-state index is 13.3. The molecule has 3 aliphatic heterocycles. The average molecular weight is 1040 g/mol. The van der Waals surface area contributed by atoms with E-state index in [0.29, 0.717) is 6.42 Å². The number of nitrogens with one attached hydrogen (secondary N) is 1. The van der Waals surface area contributed by atoms with Crippen molar-refractivity contribution in [2.45, 2.75) is 291 Å². The quantitative estimate of drug-likeness (QED) is 0.0309. The van der Waals surface area contributed by atoms with Gasteiger partial charge in [0.25, 0.3) is 0 Å². The normalized spacial score (nSPS) is 32.0. The molecule has 3 saturated heterocycles. The highest BCUT2D eigenvalue weighted by Crippen LogP contribution is 2.33. The van der Waals surface area contributed by atoms with Gasteiger partial charge in [0, 0.05) is 6.42 Å². The summed E-state index contributed by atoms with van der Waals surface area (Å²) in [4.78, 5) is 13.3. The second-order valence-corrected chi connectivity index (χ2v) is 20.4. The fourth-order valence-electron chi connectivity index (χ4n) is 9.66. The minimum atomic E-state index is -1.97. The van der Waals surface area contributed by atoms with Gasteiger partial charge < -0.3 is 89.9 Å². The lowest BCUT2D eigenvalue weighted by molar-refractivity contribution is -0.379. The van der Waals surface area contributed by atoms with Crippen molar-refractivity contribution in [1.29, 1.82) is 0 Å². The van der Waals surface area contributed by atoms with Crippen molar-refractivity contribution in [2.24, 2.45) is 0 Å². The Hall–Kier alpha value is -1.47. The van der Waals surface area contributed by atoms with Gasteiger partial charge in [-0.2, -0.15) is 0 Å². The van der Waals surface area contributed by atoms with Crippen LogP contribution in [0.25, 0.3) is 0 Å². The number of carbonyl (C=O) groups is 1. The third-order valence-corrected chi connectivity index (χ3v) is 14.3. The Morgan fingerprint density at radius 2 is 0.861 bits per heavy atom. The highest BCUT2D eigenvalue weighted by molar-refractivity contribution is 5.76. The topological polar surface area (TPSA) is 307 Å². The molecule has 19 heteroatoms. The molecule has 0 aromatic heterocycles. The minimum Gasteiger partial charge on any atom is -0.394 e. The monoisotopic (exact) mass is 1040 g/mol. The van der Waals surface area contributed by atoms with Crippen LogP contribution in [0, 0.1) is 0 Å². The molecule has 0 spiro atoms. The van der Waals surface area contributed by atoms with Gasteiger partial charge in [0.1, 0.15) is 73.2 Å². The second kappa shape index (κ2) is 38.1. The van der Waals surface area contributed by atoms with Gasteiger partial charge in [-0.1, -0.05) is 174 Å². The number of carbonyl (C=O) groups excluding carboxylic acids is 1. The number of rotatable bonds is 40. The third-order valence-electron chi connectivity index (χ3n) is 14.3. The van der Waals surface area contributed by atoms with E-state index in [1.807, 2.05) is 6.08 Å². The van der Waals surface area contributed by atoms with Gasteiger partial charge in [0.05, 0.1) is 38.6 Å². The van der Waals surface area contributed by atoms with E-state index >= 15 is 0 Å². The van der Waals surface area contributed by atoms with E-state index in [4.69, 9.17) is 28.4 Å². The number of aliphatic hydroxyl groups is 11. The molecule has 0 aliphatic carbocycles. The van der Waals surface area contributed by atoms with Gasteiger partial charge >= 0.3 is 0 Å². The smallest absolute Gasteiger partial charge is 0.220 e. The van der Waals surface area contributed by atoms with Crippen LogP contribution in [0.5, 0.6) is 0 Å². The summed E-state index contributed by atoms with van der Waals surface area (Å²) >= 11 is 0. The van der Waals surface area contributed by atoms with Crippen LogP contribution in [0.3, 0.4) is 0 Å². The minimum absolute atomic E-state index is 0.248. The van der Waals surface area contributed by atoms with Crippen molar-refractivity contribution in [3.8, 4) is 0 Å². The molecule has 72 heavy (non-hydrogen) atoms. The van der Waals surface area contributed by atoms with E-state index in [-0.39, 0.29) is 18.9 Å². The van der Waals surface area contributed by atoms with Crippen LogP contribution in [0.4, 0.5) is 0 Å². The zero-order chi connectivity index (χ0) is 52.7. The maximum Gasteiger partial charge on any atom is 0.220 e. The number of amides is 1. The number of ether oxygens (including phenoxy) is 6. The maximum absolute atomic E-state index is 13.3. The first kappa shape index (κ1) is 64.8. The second-order valence-electron chi connectivity index (χ2n) is 20.4. The molecule has 3 fully saturated rings. The Balaban J connectivity index is 1.54. The molecular weight excluding hydrogens is 939 g/mol. The Labute approximate surface area is 429 Å². The van der Waals surface area contributed by atoms with Crippen molar-refractivity contribution in [1.82, 2.24) is 5.32 Å². The van der Waals surface area contributed by atoms with Crippen LogP contribution in [0.15, 0.2) is 12.2 Å². The van der Waals surface area contributed by atoms with Crippen LogP contribution < -0.4 is 5.32 Å². The molecule has 3 rings (SSSR count). The van der Waals surface area contributed by atoms with Crippen molar-refractivity contribution >= 4 is 5.91 Å². The van der Waals surface area contributed by atoms with Crippen molar-refractivity contribution in [2.75, 3.05) is 26.4 Å². The fourth-order valence-corrected chi connectivity index (χ4v) is 9.66. The molecule has 3 aliphatic rings. The van der Waals surface area contributed by atoms with Crippen LogP contribution in [0.1, 0.15) is 187 Å². The van der Waals surface area contributed by atoms with Crippen LogP contribution in [-0.2, 0) is 33.2 Å². The van der Waals surface area contributed by atoms with Gasteiger partial charge in [-0.15, -0.1) is 0 Å². The summed E-state index contributed by atoms with van der Waals surface area (Å²) in [5.74, 6) is -0.276. The molecule has 0 radical (unpaired) electrons. The van der Waals surface area contributed by atoms with Gasteiger partial charge in [-0.3, -0.25) is 4.79 Å². The van der Waals surface area contributed by atoms with E-state index in [1.165, 1.54) is 116 Å². The van der Waals surface area contributed by atoms with E-state index in [9.17, 15) is 61.0 Å². The first-order valence-electron chi connectivity index (χ1n) is 27.9. The summed E-state index contributed by atoms with van der Waals surface area (Å²) in [6.45, 7) is 1.70. The molecule has 3 heterocycles. The summed E-state index contributed by atoms with van der Waals surface area (Å²) in [6.07, 6.45) is 7.71. The molecule has 17 unspecified atom stereocenters. The van der Waals surface area contributed by atoms with E-state index in [0.717, 1.165) is 44.9 Å². The Kier molecular flexibility index (Phi) is 34.3. The van der Waals surface area contributed by atoms with Gasteiger partial charge in [0.2, 0.25) is 5.91 Å². The zero-order valence-electron chi connectivity index (χ0n) is 43.7. The van der Waals surface area contributed by atoms with Gasteiger partial charge in [-0.25, -0.2) is 0 Å². The summed E-state index contributed by atoms with van der Waals surface area (Å²) in [5, 5.41) is 120. The van der Waals surface area contributed by atoms with E-state index < -0.39 is 124 Å². The largest absolute Gasteiger partial charge is 0.394 e. The number of hydrogen-bond donors (Lipinski definition) is 12. The number of unbranched alkanes of at least 4 members (excludes halogenated alkanes) is 24.